The third-order valence-corrected chi connectivity index (χ3v) is 6.29. The Morgan fingerprint density at radius 2 is 1.67 bits per heavy atom. The molecule has 2 amide bonds. The molecule has 3 fully saturated rings. The van der Waals surface area contributed by atoms with Gasteiger partial charge in [0.2, 0.25) is 11.8 Å². The van der Waals surface area contributed by atoms with Gasteiger partial charge in [-0.25, -0.2) is 4.79 Å². The molecule has 2 heterocycles. The van der Waals surface area contributed by atoms with E-state index in [-0.39, 0.29) is 17.2 Å². The number of carbonyl (C=O) groups excluding carboxylic acids is 2. The fourth-order valence-electron chi connectivity index (χ4n) is 4.78. The zero-order chi connectivity index (χ0) is 17.3. The first-order valence-electron chi connectivity index (χ1n) is 9.21. The van der Waals surface area contributed by atoms with E-state index < -0.39 is 12.0 Å². The largest absolute Gasteiger partial charge is 0.480 e. The van der Waals surface area contributed by atoms with Gasteiger partial charge in [0, 0.05) is 32.5 Å². The van der Waals surface area contributed by atoms with Crippen LogP contribution in [0.1, 0.15) is 58.3 Å². The van der Waals surface area contributed by atoms with E-state index in [4.69, 9.17) is 0 Å². The summed E-state index contributed by atoms with van der Waals surface area (Å²) in [6, 6.07) is -0.705. The average Bonchev–Trinajstić information content (AvgIpc) is 2.96. The van der Waals surface area contributed by atoms with Gasteiger partial charge in [0.05, 0.1) is 0 Å². The minimum Gasteiger partial charge on any atom is -0.480 e. The molecule has 0 aromatic carbocycles. The highest BCUT2D eigenvalue weighted by atomic mass is 16.4. The van der Waals surface area contributed by atoms with E-state index >= 15 is 0 Å². The summed E-state index contributed by atoms with van der Waals surface area (Å²) in [5.41, 5.74) is -0.127. The van der Waals surface area contributed by atoms with Crippen molar-refractivity contribution in [3.8, 4) is 0 Å². The molecule has 0 unspecified atom stereocenters. The number of hydrogen-bond donors (Lipinski definition) is 1. The highest BCUT2D eigenvalue weighted by Crippen LogP contribution is 2.44. The fraction of sp³-hybridized carbons (Fsp3) is 0.833. The van der Waals surface area contributed by atoms with Gasteiger partial charge in [-0.2, -0.15) is 0 Å². The van der Waals surface area contributed by atoms with E-state index in [0.29, 0.717) is 32.0 Å². The molecular weight excluding hydrogens is 308 g/mol. The van der Waals surface area contributed by atoms with Crippen molar-refractivity contribution in [1.82, 2.24) is 9.80 Å². The fourth-order valence-corrected chi connectivity index (χ4v) is 4.78. The van der Waals surface area contributed by atoms with Crippen LogP contribution in [0.5, 0.6) is 0 Å². The predicted octanol–water partition coefficient (Wildman–Crippen LogP) is 1.88. The van der Waals surface area contributed by atoms with E-state index in [2.05, 4.69) is 0 Å². The van der Waals surface area contributed by atoms with Crippen LogP contribution in [0.4, 0.5) is 0 Å². The van der Waals surface area contributed by atoms with E-state index in [9.17, 15) is 19.5 Å². The summed E-state index contributed by atoms with van der Waals surface area (Å²) in [7, 11) is 0. The highest BCUT2D eigenvalue weighted by molar-refractivity contribution is 5.83. The molecule has 6 heteroatoms. The van der Waals surface area contributed by atoms with Crippen LogP contribution in [-0.2, 0) is 14.4 Å². The zero-order valence-electron chi connectivity index (χ0n) is 14.5. The molecule has 0 bridgehead atoms. The summed E-state index contributed by atoms with van der Waals surface area (Å²) >= 11 is 0. The normalized spacial score (nSPS) is 27.5. The zero-order valence-corrected chi connectivity index (χ0v) is 14.5. The molecule has 2 saturated heterocycles. The maximum absolute atomic E-state index is 12.7. The number of likely N-dealkylation sites (tertiary alicyclic amines) is 2. The first-order valence-corrected chi connectivity index (χ1v) is 9.21. The lowest BCUT2D eigenvalue weighted by Gasteiger charge is -2.40. The van der Waals surface area contributed by atoms with Crippen molar-refractivity contribution < 1.29 is 19.5 Å². The molecule has 0 aromatic heterocycles. The number of rotatable bonds is 2. The minimum absolute atomic E-state index is 0.127. The van der Waals surface area contributed by atoms with E-state index in [1.807, 2.05) is 4.90 Å². The number of nitrogens with zero attached hydrogens (tertiary/aromatic N) is 2. The van der Waals surface area contributed by atoms with E-state index in [1.54, 1.807) is 0 Å². The topological polar surface area (TPSA) is 77.9 Å². The number of carboxylic acid groups (broad SMARTS) is 1. The summed E-state index contributed by atoms with van der Waals surface area (Å²) in [5.74, 6) is -0.597. The SMILES string of the molecule is CC(=O)N1CC2(CCN(C(=O)C3CCCCC3)CC2)C[C@@H]1C(=O)O. The number of carbonyl (C=O) groups is 3. The van der Waals surface area contributed by atoms with Crippen LogP contribution >= 0.6 is 0 Å². The molecule has 1 atom stereocenters. The lowest BCUT2D eigenvalue weighted by molar-refractivity contribution is -0.147. The standard InChI is InChI=1S/C18H28N2O4/c1-13(21)20-12-18(11-15(20)17(23)24)7-9-19(10-8-18)16(22)14-5-3-2-4-6-14/h14-15H,2-12H2,1H3,(H,23,24)/t15-/m1/s1. The molecule has 1 saturated carbocycles. The van der Waals surface area contributed by atoms with Gasteiger partial charge in [0.15, 0.2) is 0 Å². The number of piperidine rings is 1. The van der Waals surface area contributed by atoms with Gasteiger partial charge in [0.25, 0.3) is 0 Å². The second-order valence-corrected chi connectivity index (χ2v) is 7.87. The Morgan fingerprint density at radius 3 is 2.17 bits per heavy atom. The van der Waals surface area contributed by atoms with Crippen LogP contribution in [0.2, 0.25) is 0 Å². The number of aliphatic carboxylic acids is 1. The first-order chi connectivity index (χ1) is 11.4. The van der Waals surface area contributed by atoms with Crippen LogP contribution in [0.25, 0.3) is 0 Å². The molecule has 2 aliphatic heterocycles. The second kappa shape index (κ2) is 6.73. The monoisotopic (exact) mass is 336 g/mol. The number of carboxylic acids is 1. The van der Waals surface area contributed by atoms with Crippen molar-refractivity contribution in [3.63, 3.8) is 0 Å². The van der Waals surface area contributed by atoms with Crippen molar-refractivity contribution in [2.45, 2.75) is 64.3 Å². The van der Waals surface area contributed by atoms with Gasteiger partial charge in [0.1, 0.15) is 6.04 Å². The summed E-state index contributed by atoms with van der Waals surface area (Å²) in [4.78, 5) is 39.4. The van der Waals surface area contributed by atoms with E-state index in [0.717, 1.165) is 38.5 Å². The van der Waals surface area contributed by atoms with Crippen LogP contribution < -0.4 is 0 Å². The molecular formula is C18H28N2O4. The van der Waals surface area contributed by atoms with Gasteiger partial charge in [-0.15, -0.1) is 0 Å². The van der Waals surface area contributed by atoms with Crippen molar-refractivity contribution in [2.24, 2.45) is 11.3 Å². The Labute approximate surface area is 143 Å². The third-order valence-electron chi connectivity index (χ3n) is 6.29. The molecule has 1 aliphatic carbocycles. The molecule has 0 radical (unpaired) electrons. The van der Waals surface area contributed by atoms with Crippen molar-refractivity contribution in [3.05, 3.63) is 0 Å². The average molecular weight is 336 g/mol. The Kier molecular flexibility index (Phi) is 4.83. The van der Waals surface area contributed by atoms with Gasteiger partial charge in [-0.3, -0.25) is 9.59 Å². The Morgan fingerprint density at radius 1 is 1.04 bits per heavy atom. The molecule has 0 aromatic rings. The smallest absolute Gasteiger partial charge is 0.326 e. The van der Waals surface area contributed by atoms with Crippen LogP contribution in [-0.4, -0.2) is 58.4 Å². The number of amides is 2. The molecule has 1 N–H and O–H groups in total. The van der Waals surface area contributed by atoms with Gasteiger partial charge in [-0.05, 0) is 37.5 Å². The Balaban J connectivity index is 1.61. The minimum atomic E-state index is -0.914. The summed E-state index contributed by atoms with van der Waals surface area (Å²) < 4.78 is 0. The maximum Gasteiger partial charge on any atom is 0.326 e. The highest BCUT2D eigenvalue weighted by Gasteiger charge is 2.49. The maximum atomic E-state index is 12.7. The van der Waals surface area contributed by atoms with Crippen LogP contribution in [0, 0.1) is 11.3 Å². The summed E-state index contributed by atoms with van der Waals surface area (Å²) in [6.45, 7) is 3.36. The van der Waals surface area contributed by atoms with Crippen molar-refractivity contribution in [1.29, 1.82) is 0 Å². The quantitative estimate of drug-likeness (QED) is 0.835. The molecule has 6 nitrogen and oxygen atoms in total. The predicted molar refractivity (Wildman–Crippen MR) is 88.2 cm³/mol. The van der Waals surface area contributed by atoms with Gasteiger partial charge < -0.3 is 14.9 Å². The third kappa shape index (κ3) is 3.28. The van der Waals surface area contributed by atoms with E-state index in [1.165, 1.54) is 18.2 Å². The lowest BCUT2D eigenvalue weighted by Crippen LogP contribution is -2.46. The van der Waals surface area contributed by atoms with Crippen molar-refractivity contribution >= 4 is 17.8 Å². The summed E-state index contributed by atoms with van der Waals surface area (Å²) in [5, 5.41) is 9.40. The Hall–Kier alpha value is -1.59. The van der Waals surface area contributed by atoms with Crippen LogP contribution in [0.3, 0.4) is 0 Å². The second-order valence-electron chi connectivity index (χ2n) is 7.87. The summed E-state index contributed by atoms with van der Waals surface area (Å²) in [6.07, 6.45) is 7.71. The molecule has 3 rings (SSSR count). The molecule has 24 heavy (non-hydrogen) atoms. The lowest BCUT2D eigenvalue weighted by atomic mass is 9.76. The number of hydrogen-bond acceptors (Lipinski definition) is 3. The van der Waals surface area contributed by atoms with Crippen molar-refractivity contribution in [2.75, 3.05) is 19.6 Å². The molecule has 1 spiro atoms. The molecule has 3 aliphatic rings. The van der Waals surface area contributed by atoms with Gasteiger partial charge >= 0.3 is 5.97 Å². The molecule has 134 valence electrons. The Bertz CT molecular complexity index is 495. The first kappa shape index (κ1) is 17.2. The van der Waals surface area contributed by atoms with Gasteiger partial charge in [-0.1, -0.05) is 19.3 Å². The van der Waals surface area contributed by atoms with Crippen LogP contribution in [0.15, 0.2) is 0 Å².